The van der Waals surface area contributed by atoms with E-state index in [0.29, 0.717) is 31.9 Å². The minimum atomic E-state index is -0.614. The highest BCUT2D eigenvalue weighted by Gasteiger charge is 2.24. The number of fused-ring (bicyclic) bond motifs is 1. The van der Waals surface area contributed by atoms with Crippen molar-refractivity contribution in [2.45, 2.75) is 0 Å². The Bertz CT molecular complexity index is 1130. The number of nitrogens with one attached hydrogen (secondary N) is 1. The third-order valence-electron chi connectivity index (χ3n) is 5.38. The number of carbonyl (C=O) groups is 3. The van der Waals surface area contributed by atoms with E-state index in [0.717, 1.165) is 16.5 Å². The van der Waals surface area contributed by atoms with Gasteiger partial charge in [0.2, 0.25) is 0 Å². The van der Waals surface area contributed by atoms with Gasteiger partial charge >= 0.3 is 12.0 Å². The number of ether oxygens (including phenoxy) is 2. The van der Waals surface area contributed by atoms with Crippen molar-refractivity contribution in [3.05, 3.63) is 72.8 Å². The maximum atomic E-state index is 12.4. The lowest BCUT2D eigenvalue weighted by molar-refractivity contribution is -0.154. The van der Waals surface area contributed by atoms with E-state index in [1.165, 1.54) is 0 Å². The molecule has 1 aliphatic rings. The molecule has 0 aliphatic carbocycles. The van der Waals surface area contributed by atoms with Gasteiger partial charge in [-0.3, -0.25) is 4.79 Å². The molecule has 3 aromatic carbocycles. The maximum absolute atomic E-state index is 12.4. The molecule has 3 aromatic rings. The molecule has 0 spiro atoms. The van der Waals surface area contributed by atoms with Crippen molar-refractivity contribution in [3.8, 4) is 5.75 Å². The summed E-state index contributed by atoms with van der Waals surface area (Å²) in [4.78, 5) is 40.0. The highest BCUT2D eigenvalue weighted by Crippen LogP contribution is 2.20. The standard InChI is InChI=1S/C25H25N3O5/c29-23(27-12-14-28(15-13-27)25(31)26-21-8-2-1-3-9-21)17-33-24(30)18-32-22-11-10-19-6-4-5-7-20(19)16-22/h1-11,16H,12-15,17-18H2,(H,26,31). The van der Waals surface area contributed by atoms with E-state index in [4.69, 9.17) is 9.47 Å². The van der Waals surface area contributed by atoms with Crippen molar-refractivity contribution >= 4 is 34.4 Å². The van der Waals surface area contributed by atoms with Crippen molar-refractivity contribution in [1.29, 1.82) is 0 Å². The van der Waals surface area contributed by atoms with Crippen molar-refractivity contribution in [3.63, 3.8) is 0 Å². The summed E-state index contributed by atoms with van der Waals surface area (Å²) in [5.41, 5.74) is 0.721. The lowest BCUT2D eigenvalue weighted by atomic mass is 10.1. The first-order valence-corrected chi connectivity index (χ1v) is 10.7. The van der Waals surface area contributed by atoms with Gasteiger partial charge in [0.15, 0.2) is 13.2 Å². The van der Waals surface area contributed by atoms with Gasteiger partial charge in [-0.05, 0) is 35.0 Å². The Morgan fingerprint density at radius 2 is 1.42 bits per heavy atom. The van der Waals surface area contributed by atoms with Crippen LogP contribution < -0.4 is 10.1 Å². The summed E-state index contributed by atoms with van der Waals surface area (Å²) in [6.45, 7) is 0.945. The first-order chi connectivity index (χ1) is 16.1. The highest BCUT2D eigenvalue weighted by molar-refractivity contribution is 5.89. The number of carbonyl (C=O) groups excluding carboxylic acids is 3. The van der Waals surface area contributed by atoms with Crippen LogP contribution in [0.5, 0.6) is 5.75 Å². The minimum Gasteiger partial charge on any atom is -0.482 e. The predicted molar refractivity (Wildman–Crippen MR) is 124 cm³/mol. The van der Waals surface area contributed by atoms with Crippen LogP contribution in [0.25, 0.3) is 10.8 Å². The first-order valence-electron chi connectivity index (χ1n) is 10.7. The fraction of sp³-hybridized carbons (Fsp3) is 0.240. The zero-order valence-corrected chi connectivity index (χ0v) is 18.1. The lowest BCUT2D eigenvalue weighted by Gasteiger charge is -2.34. The van der Waals surface area contributed by atoms with E-state index >= 15 is 0 Å². The molecule has 1 aliphatic heterocycles. The SMILES string of the molecule is O=C(COc1ccc2ccccc2c1)OCC(=O)N1CCN(C(=O)Nc2ccccc2)CC1. The van der Waals surface area contributed by atoms with Gasteiger partial charge in [-0.2, -0.15) is 0 Å². The van der Waals surface area contributed by atoms with E-state index in [9.17, 15) is 14.4 Å². The number of para-hydroxylation sites is 1. The molecule has 0 atom stereocenters. The number of benzene rings is 3. The van der Waals surface area contributed by atoms with Gasteiger partial charge in [0.25, 0.3) is 5.91 Å². The zero-order valence-electron chi connectivity index (χ0n) is 18.1. The lowest BCUT2D eigenvalue weighted by Crippen LogP contribution is -2.52. The molecule has 0 unspecified atom stereocenters. The Labute approximate surface area is 191 Å². The van der Waals surface area contributed by atoms with E-state index in [1.807, 2.05) is 66.7 Å². The molecule has 8 nitrogen and oxygen atoms in total. The highest BCUT2D eigenvalue weighted by atomic mass is 16.6. The summed E-state index contributed by atoms with van der Waals surface area (Å²) in [6.07, 6.45) is 0. The molecule has 170 valence electrons. The summed E-state index contributed by atoms with van der Waals surface area (Å²) in [5, 5.41) is 4.92. The van der Waals surface area contributed by atoms with Gasteiger partial charge in [-0.15, -0.1) is 0 Å². The maximum Gasteiger partial charge on any atom is 0.344 e. The Kier molecular flexibility index (Phi) is 7.04. The van der Waals surface area contributed by atoms with Crippen molar-refractivity contribution in [2.75, 3.05) is 44.7 Å². The molecule has 1 saturated heterocycles. The van der Waals surface area contributed by atoms with Gasteiger partial charge in [0, 0.05) is 31.9 Å². The van der Waals surface area contributed by atoms with Crippen molar-refractivity contribution < 1.29 is 23.9 Å². The fourth-order valence-electron chi connectivity index (χ4n) is 3.56. The normalized spacial score (nSPS) is 13.5. The van der Waals surface area contributed by atoms with Crippen molar-refractivity contribution in [2.24, 2.45) is 0 Å². The van der Waals surface area contributed by atoms with Crippen LogP contribution in [0.15, 0.2) is 72.8 Å². The van der Waals surface area contributed by atoms with Crippen LogP contribution >= 0.6 is 0 Å². The summed E-state index contributed by atoms with van der Waals surface area (Å²) >= 11 is 0. The molecule has 4 rings (SSSR count). The summed E-state index contributed by atoms with van der Waals surface area (Å²) in [7, 11) is 0. The number of piperazine rings is 1. The van der Waals surface area contributed by atoms with E-state index in [1.54, 1.807) is 15.9 Å². The summed E-state index contributed by atoms with van der Waals surface area (Å²) in [6, 6.07) is 22.4. The van der Waals surface area contributed by atoms with Crippen LogP contribution in [0.4, 0.5) is 10.5 Å². The number of amides is 3. The molecule has 0 radical (unpaired) electrons. The minimum absolute atomic E-state index is 0.203. The summed E-state index contributed by atoms with van der Waals surface area (Å²) < 4.78 is 10.6. The van der Waals surface area contributed by atoms with E-state index < -0.39 is 5.97 Å². The third kappa shape index (κ3) is 6.00. The van der Waals surface area contributed by atoms with Gasteiger partial charge < -0.3 is 24.6 Å². The number of hydrogen-bond acceptors (Lipinski definition) is 5. The zero-order chi connectivity index (χ0) is 23.0. The molecular weight excluding hydrogens is 422 g/mol. The molecule has 0 aromatic heterocycles. The number of rotatable bonds is 6. The van der Waals surface area contributed by atoms with Gasteiger partial charge in [0.1, 0.15) is 5.75 Å². The molecule has 3 amide bonds. The number of nitrogens with zero attached hydrogens (tertiary/aromatic N) is 2. The molecular formula is C25H25N3O5. The molecule has 0 bridgehead atoms. The Morgan fingerprint density at radius 3 is 2.18 bits per heavy atom. The topological polar surface area (TPSA) is 88.2 Å². The molecule has 8 heteroatoms. The average molecular weight is 447 g/mol. The number of hydrogen-bond donors (Lipinski definition) is 1. The Balaban J connectivity index is 1.17. The van der Waals surface area contributed by atoms with Crippen LogP contribution in [0.1, 0.15) is 0 Å². The second-order valence-corrected chi connectivity index (χ2v) is 7.62. The van der Waals surface area contributed by atoms with Crippen molar-refractivity contribution in [1.82, 2.24) is 9.80 Å². The quantitative estimate of drug-likeness (QED) is 0.587. The Morgan fingerprint density at radius 1 is 0.758 bits per heavy atom. The third-order valence-corrected chi connectivity index (χ3v) is 5.38. The number of urea groups is 1. The number of esters is 1. The molecule has 1 fully saturated rings. The summed E-state index contributed by atoms with van der Waals surface area (Å²) in [5.74, 6) is -0.351. The fourth-order valence-corrected chi connectivity index (χ4v) is 3.56. The van der Waals surface area contributed by atoms with Gasteiger partial charge in [0.05, 0.1) is 0 Å². The van der Waals surface area contributed by atoms with E-state index in [-0.39, 0.29) is 25.2 Å². The number of anilines is 1. The van der Waals surface area contributed by atoms with E-state index in [2.05, 4.69) is 5.32 Å². The van der Waals surface area contributed by atoms with Gasteiger partial charge in [-0.25, -0.2) is 9.59 Å². The monoisotopic (exact) mass is 447 g/mol. The predicted octanol–water partition coefficient (Wildman–Crippen LogP) is 3.14. The largest absolute Gasteiger partial charge is 0.482 e. The van der Waals surface area contributed by atoms with Gasteiger partial charge in [-0.1, -0.05) is 48.5 Å². The van der Waals surface area contributed by atoms with Crippen LogP contribution in [0.2, 0.25) is 0 Å². The average Bonchev–Trinajstić information content (AvgIpc) is 2.86. The van der Waals surface area contributed by atoms with Crippen LogP contribution in [-0.2, 0) is 14.3 Å². The molecule has 1 heterocycles. The van der Waals surface area contributed by atoms with Crippen LogP contribution in [0, 0.1) is 0 Å². The Hall–Kier alpha value is -4.07. The molecule has 33 heavy (non-hydrogen) atoms. The molecule has 1 N–H and O–H groups in total. The second kappa shape index (κ2) is 10.5. The smallest absolute Gasteiger partial charge is 0.344 e. The van der Waals surface area contributed by atoms with Crippen LogP contribution in [0.3, 0.4) is 0 Å². The first kappa shape index (κ1) is 22.1. The molecule has 0 saturated carbocycles. The second-order valence-electron chi connectivity index (χ2n) is 7.62. The van der Waals surface area contributed by atoms with Crippen LogP contribution in [-0.4, -0.2) is 67.1 Å².